The highest BCUT2D eigenvalue weighted by atomic mass is 32.2. The highest BCUT2D eigenvalue weighted by Gasteiger charge is 2.19. The maximum absolute atomic E-state index is 12.3. The van der Waals surface area contributed by atoms with Crippen molar-refractivity contribution in [2.75, 3.05) is 7.11 Å². The third kappa shape index (κ3) is 3.17. The van der Waals surface area contributed by atoms with Crippen molar-refractivity contribution in [3.05, 3.63) is 41.6 Å². The van der Waals surface area contributed by atoms with Crippen molar-refractivity contribution in [2.24, 2.45) is 0 Å². The third-order valence-electron chi connectivity index (χ3n) is 2.72. The van der Waals surface area contributed by atoms with Crippen LogP contribution in [0.1, 0.15) is 17.1 Å². The number of ether oxygens (including phenoxy) is 1. The molecule has 0 atom stereocenters. The molecule has 2 aromatic rings. The van der Waals surface area contributed by atoms with E-state index in [9.17, 15) is 8.42 Å². The van der Waals surface area contributed by atoms with Crippen molar-refractivity contribution in [1.29, 1.82) is 0 Å². The van der Waals surface area contributed by atoms with E-state index in [2.05, 4.69) is 9.71 Å². The fourth-order valence-corrected chi connectivity index (χ4v) is 2.98. The summed E-state index contributed by atoms with van der Waals surface area (Å²) >= 11 is 0. The van der Waals surface area contributed by atoms with Crippen LogP contribution in [0.5, 0.6) is 5.75 Å². The molecule has 108 valence electrons. The number of aryl methyl sites for hydroxylation is 2. The molecule has 1 N–H and O–H groups in total. The number of hydrogen-bond acceptors (Lipinski definition) is 5. The Bertz CT molecular complexity index is 707. The van der Waals surface area contributed by atoms with Crippen molar-refractivity contribution in [2.45, 2.75) is 25.3 Å². The number of sulfonamides is 1. The van der Waals surface area contributed by atoms with Crippen LogP contribution in [0.3, 0.4) is 0 Å². The molecule has 1 aromatic heterocycles. The summed E-state index contributed by atoms with van der Waals surface area (Å²) in [6.45, 7) is 3.58. The predicted octanol–water partition coefficient (Wildman–Crippen LogP) is 1.78. The molecule has 0 aliphatic rings. The number of nitrogens with zero attached hydrogens (tertiary/aromatic N) is 1. The standard InChI is InChI=1S/C13H16N2O4S/c1-9-4-5-12(18-3)13(6-9)20(16,17)14-7-11-8-19-10(2)15-11/h4-6,8,14H,7H2,1-3H3. The summed E-state index contributed by atoms with van der Waals surface area (Å²) in [6.07, 6.45) is 1.42. The molecule has 0 spiro atoms. The minimum Gasteiger partial charge on any atom is -0.495 e. The van der Waals surface area contributed by atoms with Crippen molar-refractivity contribution < 1.29 is 17.6 Å². The number of rotatable bonds is 5. The number of benzene rings is 1. The first-order valence-electron chi connectivity index (χ1n) is 5.97. The van der Waals surface area contributed by atoms with E-state index in [1.807, 2.05) is 6.92 Å². The molecule has 0 aliphatic heterocycles. The maximum Gasteiger partial charge on any atom is 0.244 e. The van der Waals surface area contributed by atoms with E-state index >= 15 is 0 Å². The first-order chi connectivity index (χ1) is 9.42. The molecule has 20 heavy (non-hydrogen) atoms. The largest absolute Gasteiger partial charge is 0.495 e. The van der Waals surface area contributed by atoms with Gasteiger partial charge in [0.25, 0.3) is 0 Å². The number of hydrogen-bond donors (Lipinski definition) is 1. The van der Waals surface area contributed by atoms with Crippen LogP contribution in [-0.2, 0) is 16.6 Å². The zero-order chi connectivity index (χ0) is 14.8. The lowest BCUT2D eigenvalue weighted by atomic mass is 10.2. The Labute approximate surface area is 117 Å². The molecule has 0 amide bonds. The Morgan fingerprint density at radius 3 is 2.70 bits per heavy atom. The van der Waals surface area contributed by atoms with Gasteiger partial charge in [-0.2, -0.15) is 0 Å². The zero-order valence-corrected chi connectivity index (χ0v) is 12.3. The lowest BCUT2D eigenvalue weighted by Crippen LogP contribution is -2.24. The molecule has 0 saturated heterocycles. The topological polar surface area (TPSA) is 81.4 Å². The van der Waals surface area contributed by atoms with Gasteiger partial charge in [-0.1, -0.05) is 6.07 Å². The molecule has 0 saturated carbocycles. The first-order valence-corrected chi connectivity index (χ1v) is 7.46. The normalized spacial score (nSPS) is 11.6. The van der Waals surface area contributed by atoms with Gasteiger partial charge in [0.15, 0.2) is 5.89 Å². The molecule has 1 heterocycles. The van der Waals surface area contributed by atoms with Gasteiger partial charge in [0.2, 0.25) is 10.0 Å². The maximum atomic E-state index is 12.3. The van der Waals surface area contributed by atoms with Crippen LogP contribution < -0.4 is 9.46 Å². The van der Waals surface area contributed by atoms with Gasteiger partial charge in [-0.25, -0.2) is 18.1 Å². The minimum absolute atomic E-state index is 0.0662. The van der Waals surface area contributed by atoms with Gasteiger partial charge >= 0.3 is 0 Å². The van der Waals surface area contributed by atoms with Crippen LogP contribution >= 0.6 is 0 Å². The molecule has 0 radical (unpaired) electrons. The highest BCUT2D eigenvalue weighted by molar-refractivity contribution is 7.89. The Morgan fingerprint density at radius 1 is 1.35 bits per heavy atom. The summed E-state index contributed by atoms with van der Waals surface area (Å²) in [5.74, 6) is 0.798. The summed E-state index contributed by atoms with van der Waals surface area (Å²) in [4.78, 5) is 4.15. The average Bonchev–Trinajstić information content (AvgIpc) is 2.82. The van der Waals surface area contributed by atoms with Gasteiger partial charge < -0.3 is 9.15 Å². The summed E-state index contributed by atoms with van der Waals surface area (Å²) in [5.41, 5.74) is 1.36. The summed E-state index contributed by atoms with van der Waals surface area (Å²) in [6, 6.07) is 4.98. The Hall–Kier alpha value is -1.86. The molecule has 0 aliphatic carbocycles. The van der Waals surface area contributed by atoms with Gasteiger partial charge in [0.1, 0.15) is 16.9 Å². The van der Waals surface area contributed by atoms with Crippen LogP contribution in [0.4, 0.5) is 0 Å². The number of methoxy groups -OCH3 is 1. The van der Waals surface area contributed by atoms with E-state index in [1.54, 1.807) is 25.1 Å². The lowest BCUT2D eigenvalue weighted by molar-refractivity contribution is 0.402. The van der Waals surface area contributed by atoms with Crippen molar-refractivity contribution in [3.8, 4) is 5.75 Å². The fraction of sp³-hybridized carbons (Fsp3) is 0.308. The molecule has 7 heteroatoms. The SMILES string of the molecule is COc1ccc(C)cc1S(=O)(=O)NCc1coc(C)n1. The van der Waals surface area contributed by atoms with E-state index in [4.69, 9.17) is 9.15 Å². The number of oxazole rings is 1. The molecule has 0 bridgehead atoms. The second-order valence-electron chi connectivity index (χ2n) is 4.34. The van der Waals surface area contributed by atoms with E-state index in [0.29, 0.717) is 17.3 Å². The smallest absolute Gasteiger partial charge is 0.244 e. The number of nitrogens with one attached hydrogen (secondary N) is 1. The summed E-state index contributed by atoms with van der Waals surface area (Å²) < 4.78 is 37.2. The lowest BCUT2D eigenvalue weighted by Gasteiger charge is -2.10. The van der Waals surface area contributed by atoms with Crippen molar-refractivity contribution in [1.82, 2.24) is 9.71 Å². The Morgan fingerprint density at radius 2 is 2.10 bits per heavy atom. The molecular formula is C13H16N2O4S. The molecular weight excluding hydrogens is 280 g/mol. The van der Waals surface area contributed by atoms with E-state index in [-0.39, 0.29) is 11.4 Å². The molecule has 1 aromatic carbocycles. The van der Waals surface area contributed by atoms with Gasteiger partial charge in [0, 0.05) is 6.92 Å². The summed E-state index contributed by atoms with van der Waals surface area (Å²) in [7, 11) is -2.24. The van der Waals surface area contributed by atoms with Gasteiger partial charge in [-0.15, -0.1) is 0 Å². The minimum atomic E-state index is -3.67. The van der Waals surface area contributed by atoms with Crippen molar-refractivity contribution in [3.63, 3.8) is 0 Å². The summed E-state index contributed by atoms with van der Waals surface area (Å²) in [5, 5.41) is 0. The highest BCUT2D eigenvalue weighted by Crippen LogP contribution is 2.24. The van der Waals surface area contributed by atoms with Crippen LogP contribution in [0.2, 0.25) is 0 Å². The van der Waals surface area contributed by atoms with E-state index in [0.717, 1.165) is 5.56 Å². The molecule has 2 rings (SSSR count). The monoisotopic (exact) mass is 296 g/mol. The first kappa shape index (κ1) is 14.5. The van der Waals surface area contributed by atoms with Crippen molar-refractivity contribution >= 4 is 10.0 Å². The Balaban J connectivity index is 2.24. The van der Waals surface area contributed by atoms with Gasteiger partial charge in [-0.3, -0.25) is 0 Å². The zero-order valence-electron chi connectivity index (χ0n) is 11.5. The Kier molecular flexibility index (Phi) is 4.10. The second-order valence-corrected chi connectivity index (χ2v) is 6.07. The molecule has 0 unspecified atom stereocenters. The average molecular weight is 296 g/mol. The van der Waals surface area contributed by atoms with E-state index in [1.165, 1.54) is 13.4 Å². The van der Waals surface area contributed by atoms with Crippen LogP contribution in [-0.4, -0.2) is 20.5 Å². The van der Waals surface area contributed by atoms with E-state index < -0.39 is 10.0 Å². The number of aromatic nitrogens is 1. The predicted molar refractivity (Wildman–Crippen MR) is 73.0 cm³/mol. The quantitative estimate of drug-likeness (QED) is 0.909. The van der Waals surface area contributed by atoms with Gasteiger partial charge in [0.05, 0.1) is 19.3 Å². The molecule has 0 fully saturated rings. The van der Waals surface area contributed by atoms with Gasteiger partial charge in [-0.05, 0) is 24.6 Å². The van der Waals surface area contributed by atoms with Crippen LogP contribution in [0.15, 0.2) is 33.8 Å². The molecule has 6 nitrogen and oxygen atoms in total. The third-order valence-corrected chi connectivity index (χ3v) is 4.14. The van der Waals surface area contributed by atoms with Crippen LogP contribution in [0, 0.1) is 13.8 Å². The van der Waals surface area contributed by atoms with Crippen LogP contribution in [0.25, 0.3) is 0 Å². The fourth-order valence-electron chi connectivity index (χ4n) is 1.73. The second kappa shape index (κ2) is 5.64.